The summed E-state index contributed by atoms with van der Waals surface area (Å²) in [6.45, 7) is 14.5. The zero-order valence-corrected chi connectivity index (χ0v) is 12.9. The molecule has 0 aromatic carbocycles. The van der Waals surface area contributed by atoms with Gasteiger partial charge in [0, 0.05) is 13.5 Å². The first-order chi connectivity index (χ1) is 8.22. The molecule has 0 aromatic rings. The summed E-state index contributed by atoms with van der Waals surface area (Å²) in [5.41, 5.74) is -0.490. The van der Waals surface area contributed by atoms with E-state index >= 15 is 0 Å². The van der Waals surface area contributed by atoms with E-state index in [1.807, 2.05) is 20.8 Å². The van der Waals surface area contributed by atoms with Gasteiger partial charge in [0.05, 0.1) is 18.6 Å². The van der Waals surface area contributed by atoms with Crippen molar-refractivity contribution in [3.8, 4) is 0 Å². The van der Waals surface area contributed by atoms with Crippen LogP contribution in [0.25, 0.3) is 0 Å². The first kappa shape index (κ1) is 17.4. The van der Waals surface area contributed by atoms with Crippen LogP contribution in [-0.4, -0.2) is 36.7 Å². The average molecular weight is 260 g/mol. The van der Waals surface area contributed by atoms with E-state index in [-0.39, 0.29) is 12.9 Å². The van der Waals surface area contributed by atoms with E-state index in [0.717, 1.165) is 19.5 Å². The summed E-state index contributed by atoms with van der Waals surface area (Å²) in [5, 5.41) is 6.23. The van der Waals surface area contributed by atoms with Gasteiger partial charge in [0.1, 0.15) is 0 Å². The second-order valence-electron chi connectivity index (χ2n) is 5.99. The summed E-state index contributed by atoms with van der Waals surface area (Å²) in [4.78, 5) is 11.7. The van der Waals surface area contributed by atoms with Gasteiger partial charge in [-0.05, 0) is 40.7 Å². The highest BCUT2D eigenvalue weighted by atomic mass is 16.5. The van der Waals surface area contributed by atoms with Crippen LogP contribution in [0.15, 0.2) is 0 Å². The van der Waals surface area contributed by atoms with E-state index in [9.17, 15) is 4.79 Å². The molecule has 0 fully saturated rings. The molecule has 0 heterocycles. The molecule has 0 saturated carbocycles. The van der Waals surface area contributed by atoms with Crippen LogP contribution in [-0.2, 0) is 9.53 Å². The van der Waals surface area contributed by atoms with Gasteiger partial charge in [-0.15, -0.1) is 0 Å². The molecule has 4 nitrogen and oxygen atoms in total. The first-order valence-corrected chi connectivity index (χ1v) is 6.88. The maximum absolute atomic E-state index is 11.7. The lowest BCUT2D eigenvalue weighted by atomic mass is 10.0. The Balaban J connectivity index is 0. The van der Waals surface area contributed by atoms with Gasteiger partial charge in [0.2, 0.25) is 5.91 Å². The Morgan fingerprint density at radius 2 is 1.83 bits per heavy atom. The number of nitrogens with one attached hydrogen (secondary N) is 2. The van der Waals surface area contributed by atoms with Gasteiger partial charge in [0.25, 0.3) is 0 Å². The molecule has 1 amide bonds. The third-order valence-electron chi connectivity index (χ3n) is 2.64. The van der Waals surface area contributed by atoms with Gasteiger partial charge in [-0.1, -0.05) is 13.8 Å². The van der Waals surface area contributed by atoms with E-state index in [1.165, 1.54) is 0 Å². The third-order valence-corrected chi connectivity index (χ3v) is 2.64. The van der Waals surface area contributed by atoms with Crippen LogP contribution in [0.2, 0.25) is 0 Å². The van der Waals surface area contributed by atoms with E-state index in [0.29, 0.717) is 13.0 Å². The highest BCUT2D eigenvalue weighted by molar-refractivity contribution is 5.76. The van der Waals surface area contributed by atoms with Crippen molar-refractivity contribution in [2.24, 2.45) is 0 Å². The lowest BCUT2D eigenvalue weighted by Crippen LogP contribution is -2.46. The molecule has 0 aliphatic rings. The van der Waals surface area contributed by atoms with Crippen LogP contribution < -0.4 is 10.6 Å². The number of amides is 1. The standard InChI is InChI=1S/C14H30N2O2.H2/c1-7-9-15-12(17)10-14(5,6)18-11-13(3,4)16-8-2;/h16H,7-11H2,1-6H3,(H,15,17);1H. The highest BCUT2D eigenvalue weighted by Gasteiger charge is 2.26. The van der Waals surface area contributed by atoms with Gasteiger partial charge in [-0.2, -0.15) is 0 Å². The molecular formula is C14H32N2O2. The quantitative estimate of drug-likeness (QED) is 0.669. The largest absolute Gasteiger partial charge is 0.373 e. The summed E-state index contributed by atoms with van der Waals surface area (Å²) in [5.74, 6) is 0.0584. The van der Waals surface area contributed by atoms with Crippen molar-refractivity contribution >= 4 is 5.91 Å². The Hall–Kier alpha value is -0.610. The number of ether oxygens (including phenoxy) is 1. The minimum Gasteiger partial charge on any atom is -0.373 e. The Morgan fingerprint density at radius 3 is 2.33 bits per heavy atom. The second-order valence-corrected chi connectivity index (χ2v) is 5.99. The van der Waals surface area contributed by atoms with Crippen LogP contribution in [0.4, 0.5) is 0 Å². The molecule has 110 valence electrons. The summed E-state index contributed by atoms with van der Waals surface area (Å²) in [6.07, 6.45) is 1.36. The summed E-state index contributed by atoms with van der Waals surface area (Å²) in [7, 11) is 0. The molecule has 0 spiro atoms. The molecule has 0 radical (unpaired) electrons. The van der Waals surface area contributed by atoms with Gasteiger partial charge < -0.3 is 15.4 Å². The van der Waals surface area contributed by atoms with Crippen molar-refractivity contribution < 1.29 is 11.0 Å². The Kier molecular flexibility index (Phi) is 7.48. The van der Waals surface area contributed by atoms with E-state index in [2.05, 4.69) is 31.4 Å². The summed E-state index contributed by atoms with van der Waals surface area (Å²) >= 11 is 0. The molecule has 0 saturated heterocycles. The van der Waals surface area contributed by atoms with Crippen molar-refractivity contribution in [2.75, 3.05) is 19.7 Å². The van der Waals surface area contributed by atoms with Crippen molar-refractivity contribution in [3.05, 3.63) is 0 Å². The fraction of sp³-hybridized carbons (Fsp3) is 0.929. The topological polar surface area (TPSA) is 50.4 Å². The van der Waals surface area contributed by atoms with Crippen molar-refractivity contribution in [1.82, 2.24) is 10.6 Å². The maximum atomic E-state index is 11.7. The number of carbonyl (C=O) groups excluding carboxylic acids is 1. The van der Waals surface area contributed by atoms with Crippen molar-refractivity contribution in [1.29, 1.82) is 0 Å². The minimum absolute atomic E-state index is 0. The molecule has 0 aliphatic heterocycles. The van der Waals surface area contributed by atoms with Crippen LogP contribution in [0.1, 0.15) is 55.8 Å². The minimum atomic E-state index is -0.426. The lowest BCUT2D eigenvalue weighted by Gasteiger charge is -2.32. The van der Waals surface area contributed by atoms with Gasteiger partial charge in [-0.3, -0.25) is 4.79 Å². The highest BCUT2D eigenvalue weighted by Crippen LogP contribution is 2.17. The molecule has 4 heteroatoms. The maximum Gasteiger partial charge on any atom is 0.222 e. The van der Waals surface area contributed by atoms with Crippen LogP contribution in [0, 0.1) is 0 Å². The SMILES string of the molecule is CCCNC(=O)CC(C)(C)OCC(C)(C)NCC.[HH]. The molecule has 0 rings (SSSR count). The van der Waals surface area contributed by atoms with Crippen molar-refractivity contribution in [3.63, 3.8) is 0 Å². The number of carbonyl (C=O) groups is 1. The zero-order valence-electron chi connectivity index (χ0n) is 12.9. The average Bonchev–Trinajstić information content (AvgIpc) is 2.23. The molecule has 0 aliphatic carbocycles. The molecule has 0 aromatic heterocycles. The lowest BCUT2D eigenvalue weighted by molar-refractivity contribution is -0.128. The number of hydrogen-bond donors (Lipinski definition) is 2. The Labute approximate surface area is 113 Å². The normalized spacial score (nSPS) is 12.6. The number of hydrogen-bond acceptors (Lipinski definition) is 3. The van der Waals surface area contributed by atoms with E-state index in [4.69, 9.17) is 4.74 Å². The summed E-state index contributed by atoms with van der Waals surface area (Å²) in [6, 6.07) is 0. The fourth-order valence-corrected chi connectivity index (χ4v) is 1.67. The van der Waals surface area contributed by atoms with Gasteiger partial charge in [0.15, 0.2) is 0 Å². The van der Waals surface area contributed by atoms with Gasteiger partial charge in [-0.25, -0.2) is 0 Å². The van der Waals surface area contributed by atoms with Crippen LogP contribution >= 0.6 is 0 Å². The van der Waals surface area contributed by atoms with E-state index in [1.54, 1.807) is 0 Å². The molecule has 0 atom stereocenters. The monoisotopic (exact) mass is 260 g/mol. The molecule has 2 N–H and O–H groups in total. The number of rotatable bonds is 9. The first-order valence-electron chi connectivity index (χ1n) is 6.88. The smallest absolute Gasteiger partial charge is 0.222 e. The number of likely N-dealkylation sites (N-methyl/N-ethyl adjacent to an activating group) is 1. The van der Waals surface area contributed by atoms with Crippen molar-refractivity contribution in [2.45, 2.75) is 65.5 Å². The molecule has 18 heavy (non-hydrogen) atoms. The summed E-state index contributed by atoms with van der Waals surface area (Å²) < 4.78 is 5.87. The van der Waals surface area contributed by atoms with Gasteiger partial charge >= 0.3 is 0 Å². The third kappa shape index (κ3) is 8.48. The predicted octanol–water partition coefficient (Wildman–Crippen LogP) is 2.33. The molecule has 0 bridgehead atoms. The predicted molar refractivity (Wildman–Crippen MR) is 77.8 cm³/mol. The molecule has 0 unspecified atom stereocenters. The Morgan fingerprint density at radius 1 is 1.22 bits per heavy atom. The van der Waals surface area contributed by atoms with Crippen LogP contribution in [0.5, 0.6) is 0 Å². The Bertz CT molecular complexity index is 256. The van der Waals surface area contributed by atoms with Crippen LogP contribution in [0.3, 0.4) is 0 Å². The fourth-order valence-electron chi connectivity index (χ4n) is 1.67. The van der Waals surface area contributed by atoms with E-state index < -0.39 is 5.60 Å². The zero-order chi connectivity index (χ0) is 14.2. The second kappa shape index (κ2) is 7.74. The molecular weight excluding hydrogens is 228 g/mol.